The molecule has 17 heavy (non-hydrogen) atoms. The molecule has 5 heteroatoms. The normalized spacial score (nSPS) is 35.1. The predicted molar refractivity (Wildman–Crippen MR) is 59.1 cm³/mol. The van der Waals surface area contributed by atoms with E-state index >= 15 is 0 Å². The van der Waals surface area contributed by atoms with E-state index in [1.165, 1.54) is 6.08 Å². The number of hydrogen-bond acceptors (Lipinski definition) is 5. The van der Waals surface area contributed by atoms with Crippen LogP contribution in [0.5, 0.6) is 0 Å². The molecular formula is C12H18O5. The molecule has 2 aliphatic heterocycles. The van der Waals surface area contributed by atoms with E-state index in [9.17, 15) is 4.79 Å². The Morgan fingerprint density at radius 1 is 1.47 bits per heavy atom. The molecule has 0 aromatic heterocycles. The fraction of sp³-hybridized carbons (Fsp3) is 0.750. The Morgan fingerprint density at radius 2 is 2.24 bits per heavy atom. The van der Waals surface area contributed by atoms with E-state index in [-0.39, 0.29) is 24.5 Å². The second kappa shape index (κ2) is 4.76. The van der Waals surface area contributed by atoms with Gasteiger partial charge in [0.25, 0.3) is 0 Å². The fourth-order valence-electron chi connectivity index (χ4n) is 2.04. The minimum absolute atomic E-state index is 0.0538. The molecule has 0 aromatic rings. The van der Waals surface area contributed by atoms with Crippen LogP contribution in [0.3, 0.4) is 0 Å². The van der Waals surface area contributed by atoms with Crippen molar-refractivity contribution in [1.29, 1.82) is 0 Å². The topological polar surface area (TPSA) is 54.0 Å². The molecule has 2 heterocycles. The number of fused-ring (bicyclic) bond motifs is 1. The Bertz CT molecular complexity index is 307. The molecule has 2 aliphatic rings. The maximum Gasteiger partial charge on any atom is 0.330 e. The Morgan fingerprint density at radius 3 is 2.88 bits per heavy atom. The van der Waals surface area contributed by atoms with Crippen molar-refractivity contribution in [3.63, 3.8) is 0 Å². The highest BCUT2D eigenvalue weighted by Crippen LogP contribution is 2.37. The first-order chi connectivity index (χ1) is 8.00. The maximum absolute atomic E-state index is 11.1. The Labute approximate surface area is 101 Å². The van der Waals surface area contributed by atoms with Gasteiger partial charge in [0.05, 0.1) is 12.7 Å². The van der Waals surface area contributed by atoms with E-state index in [1.54, 1.807) is 13.0 Å². The quantitative estimate of drug-likeness (QED) is 0.552. The molecule has 0 aliphatic carbocycles. The van der Waals surface area contributed by atoms with Crippen LogP contribution in [0, 0.1) is 0 Å². The standard InChI is InChI=1S/C12H18O5/c1-4-14-10(13)6-5-8-7-9-11(15-8)17-12(2,3)16-9/h5-6,8-9,11H,4,7H2,1-3H3/t8-,9-,11?/m1/s1. The monoisotopic (exact) mass is 242 g/mol. The number of ether oxygens (including phenoxy) is 4. The number of esters is 1. The van der Waals surface area contributed by atoms with Crippen LogP contribution < -0.4 is 0 Å². The summed E-state index contributed by atoms with van der Waals surface area (Å²) in [6.45, 7) is 5.86. The van der Waals surface area contributed by atoms with Gasteiger partial charge in [-0.15, -0.1) is 0 Å². The number of carbonyl (C=O) groups excluding carboxylic acids is 1. The van der Waals surface area contributed by atoms with Gasteiger partial charge >= 0.3 is 5.97 Å². The van der Waals surface area contributed by atoms with E-state index in [0.717, 1.165) is 0 Å². The largest absolute Gasteiger partial charge is 0.463 e. The van der Waals surface area contributed by atoms with Crippen molar-refractivity contribution in [2.45, 2.75) is 51.5 Å². The highest BCUT2D eigenvalue weighted by atomic mass is 16.8. The molecule has 5 nitrogen and oxygen atoms in total. The number of hydrogen-bond donors (Lipinski definition) is 0. The summed E-state index contributed by atoms with van der Waals surface area (Å²) in [6.07, 6.45) is 3.25. The van der Waals surface area contributed by atoms with Crippen LogP contribution in [0.4, 0.5) is 0 Å². The lowest BCUT2D eigenvalue weighted by molar-refractivity contribution is -0.200. The van der Waals surface area contributed by atoms with Gasteiger partial charge in [0, 0.05) is 12.5 Å². The molecule has 0 amide bonds. The lowest BCUT2D eigenvalue weighted by Gasteiger charge is -2.19. The van der Waals surface area contributed by atoms with Gasteiger partial charge in [0.2, 0.25) is 0 Å². The zero-order chi connectivity index (χ0) is 12.5. The van der Waals surface area contributed by atoms with Crippen molar-refractivity contribution in [2.24, 2.45) is 0 Å². The minimum Gasteiger partial charge on any atom is -0.463 e. The first kappa shape index (κ1) is 12.5. The van der Waals surface area contributed by atoms with Gasteiger partial charge in [0.15, 0.2) is 12.1 Å². The van der Waals surface area contributed by atoms with Gasteiger partial charge in [-0.05, 0) is 26.8 Å². The lowest BCUT2D eigenvalue weighted by Crippen LogP contribution is -2.24. The predicted octanol–water partition coefficient (Wildman–Crippen LogP) is 1.37. The first-order valence-corrected chi connectivity index (χ1v) is 5.86. The van der Waals surface area contributed by atoms with Crippen molar-refractivity contribution < 1.29 is 23.7 Å². The van der Waals surface area contributed by atoms with Gasteiger partial charge in [-0.1, -0.05) is 0 Å². The van der Waals surface area contributed by atoms with Crippen LogP contribution >= 0.6 is 0 Å². The summed E-state index contributed by atoms with van der Waals surface area (Å²) >= 11 is 0. The molecule has 0 N–H and O–H groups in total. The fourth-order valence-corrected chi connectivity index (χ4v) is 2.04. The molecule has 2 saturated heterocycles. The Hall–Kier alpha value is -0.910. The summed E-state index contributed by atoms with van der Waals surface area (Å²) in [5.41, 5.74) is 0. The molecule has 1 unspecified atom stereocenters. The molecule has 2 rings (SSSR count). The Kier molecular flexibility index (Phi) is 3.51. The van der Waals surface area contributed by atoms with Crippen LogP contribution in [0.1, 0.15) is 27.2 Å². The van der Waals surface area contributed by atoms with E-state index in [0.29, 0.717) is 13.0 Å². The highest BCUT2D eigenvalue weighted by Gasteiger charge is 2.47. The third kappa shape index (κ3) is 3.06. The van der Waals surface area contributed by atoms with E-state index in [4.69, 9.17) is 18.9 Å². The average Bonchev–Trinajstić information content (AvgIpc) is 2.68. The molecule has 0 aromatic carbocycles. The third-order valence-corrected chi connectivity index (χ3v) is 2.65. The Balaban J connectivity index is 1.83. The summed E-state index contributed by atoms with van der Waals surface area (Å²) in [6, 6.07) is 0. The van der Waals surface area contributed by atoms with E-state index in [1.807, 2.05) is 13.8 Å². The van der Waals surface area contributed by atoms with Gasteiger partial charge in [-0.2, -0.15) is 0 Å². The van der Waals surface area contributed by atoms with Gasteiger partial charge < -0.3 is 18.9 Å². The summed E-state index contributed by atoms with van der Waals surface area (Å²) in [4.78, 5) is 11.1. The molecule has 0 saturated carbocycles. The van der Waals surface area contributed by atoms with E-state index in [2.05, 4.69) is 0 Å². The lowest BCUT2D eigenvalue weighted by atomic mass is 10.2. The van der Waals surface area contributed by atoms with Crippen molar-refractivity contribution in [1.82, 2.24) is 0 Å². The van der Waals surface area contributed by atoms with Crippen molar-refractivity contribution >= 4 is 5.97 Å². The number of carbonyl (C=O) groups is 1. The van der Waals surface area contributed by atoms with Crippen LogP contribution in [0.2, 0.25) is 0 Å². The summed E-state index contributed by atoms with van der Waals surface area (Å²) in [5, 5.41) is 0. The minimum atomic E-state index is -0.578. The van der Waals surface area contributed by atoms with Crippen molar-refractivity contribution in [3.8, 4) is 0 Å². The summed E-state index contributed by atoms with van der Waals surface area (Å²) in [5.74, 6) is -0.930. The molecule has 3 atom stereocenters. The van der Waals surface area contributed by atoms with Crippen LogP contribution in [-0.4, -0.2) is 36.9 Å². The zero-order valence-electron chi connectivity index (χ0n) is 10.3. The zero-order valence-corrected chi connectivity index (χ0v) is 10.3. The highest BCUT2D eigenvalue weighted by molar-refractivity contribution is 5.81. The first-order valence-electron chi connectivity index (χ1n) is 5.86. The number of rotatable bonds is 3. The van der Waals surface area contributed by atoms with Gasteiger partial charge in [-0.25, -0.2) is 4.79 Å². The second-order valence-corrected chi connectivity index (χ2v) is 4.56. The van der Waals surface area contributed by atoms with Gasteiger partial charge in [0.1, 0.15) is 6.10 Å². The molecule has 2 fully saturated rings. The summed E-state index contributed by atoms with van der Waals surface area (Å²) < 4.78 is 21.6. The van der Waals surface area contributed by atoms with Crippen LogP contribution in [-0.2, 0) is 23.7 Å². The van der Waals surface area contributed by atoms with Gasteiger partial charge in [-0.3, -0.25) is 0 Å². The third-order valence-electron chi connectivity index (χ3n) is 2.65. The maximum atomic E-state index is 11.1. The smallest absolute Gasteiger partial charge is 0.330 e. The molecule has 0 radical (unpaired) electrons. The van der Waals surface area contributed by atoms with Crippen LogP contribution in [0.25, 0.3) is 0 Å². The molecular weight excluding hydrogens is 224 g/mol. The molecule has 0 spiro atoms. The molecule has 0 bridgehead atoms. The van der Waals surface area contributed by atoms with Crippen LogP contribution in [0.15, 0.2) is 12.2 Å². The van der Waals surface area contributed by atoms with Crippen molar-refractivity contribution in [3.05, 3.63) is 12.2 Å². The average molecular weight is 242 g/mol. The SMILES string of the molecule is CCOC(=O)C=C[C@@H]1C[C@H]2OC(C)(C)OC2O1. The van der Waals surface area contributed by atoms with Crippen molar-refractivity contribution in [2.75, 3.05) is 6.61 Å². The van der Waals surface area contributed by atoms with E-state index < -0.39 is 5.79 Å². The molecule has 96 valence electrons. The second-order valence-electron chi connectivity index (χ2n) is 4.56. The summed E-state index contributed by atoms with van der Waals surface area (Å²) in [7, 11) is 0.